The number of nitrogens with zero attached hydrogens (tertiary/aromatic N) is 6. The first kappa shape index (κ1) is 34.7. The van der Waals surface area contributed by atoms with Crippen molar-refractivity contribution >= 4 is 80.4 Å². The SMILES string of the molecule is C=CC(=O)N1[C@H](C)CN(c2c(C#N)c(=O)n(C3C(C(C)C)=NC=C[C@H]3C)c3nc(-c4c(Cl)c(N)c(Cl)c(F)c4Cl)c(Cl)cc23)C[C@@H]1C. The van der Waals surface area contributed by atoms with Crippen LogP contribution in [0.3, 0.4) is 0 Å². The molecule has 1 amide bonds. The Morgan fingerprint density at radius 2 is 1.79 bits per heavy atom. The maximum Gasteiger partial charge on any atom is 0.272 e. The predicted octanol–water partition coefficient (Wildman–Crippen LogP) is 7.68. The van der Waals surface area contributed by atoms with Gasteiger partial charge in [-0.05, 0) is 31.9 Å². The summed E-state index contributed by atoms with van der Waals surface area (Å²) in [4.78, 5) is 40.4. The summed E-state index contributed by atoms with van der Waals surface area (Å²) in [5, 5.41) is 9.89. The maximum absolute atomic E-state index is 15.2. The molecule has 2 aromatic heterocycles. The highest BCUT2D eigenvalue weighted by atomic mass is 35.5. The molecule has 2 aliphatic heterocycles. The minimum atomic E-state index is -1.00. The van der Waals surface area contributed by atoms with Crippen molar-refractivity contribution in [2.45, 2.75) is 52.7 Å². The van der Waals surface area contributed by atoms with Crippen molar-refractivity contribution in [1.82, 2.24) is 14.5 Å². The molecule has 0 bridgehead atoms. The normalized spacial score (nSPS) is 21.3. The van der Waals surface area contributed by atoms with E-state index in [-0.39, 0.29) is 68.0 Å². The molecule has 1 fully saturated rings. The molecule has 14 heteroatoms. The molecule has 4 atom stereocenters. The van der Waals surface area contributed by atoms with Crippen molar-refractivity contribution in [3.05, 3.63) is 72.8 Å². The van der Waals surface area contributed by atoms with Crippen LogP contribution in [-0.2, 0) is 4.79 Å². The highest BCUT2D eigenvalue weighted by Gasteiger charge is 2.37. The molecular weight excluding hydrogens is 687 g/mol. The summed E-state index contributed by atoms with van der Waals surface area (Å²) in [5.74, 6) is -1.52. The molecule has 0 saturated carbocycles. The van der Waals surface area contributed by atoms with Crippen molar-refractivity contribution in [2.24, 2.45) is 16.8 Å². The van der Waals surface area contributed by atoms with Gasteiger partial charge >= 0.3 is 0 Å². The molecule has 5 rings (SSSR count). The Morgan fingerprint density at radius 1 is 1.15 bits per heavy atom. The Balaban J connectivity index is 1.91. The molecule has 1 unspecified atom stereocenters. The highest BCUT2D eigenvalue weighted by Crippen LogP contribution is 2.47. The topological polar surface area (TPSA) is 121 Å². The predicted molar refractivity (Wildman–Crippen MR) is 188 cm³/mol. The largest absolute Gasteiger partial charge is 0.396 e. The van der Waals surface area contributed by atoms with Crippen molar-refractivity contribution in [2.75, 3.05) is 23.7 Å². The third-order valence-electron chi connectivity index (χ3n) is 8.70. The Hall–Kier alpha value is -3.62. The number of nitrogen functional groups attached to an aromatic ring is 1. The number of nitrogens with two attached hydrogens (primary N) is 1. The zero-order valence-corrected chi connectivity index (χ0v) is 29.3. The van der Waals surface area contributed by atoms with Gasteiger partial charge in [0.15, 0.2) is 5.82 Å². The number of fused-ring (bicyclic) bond motifs is 1. The van der Waals surface area contributed by atoms with Crippen LogP contribution in [0.2, 0.25) is 20.1 Å². The number of allylic oxidation sites excluding steroid dienone is 1. The first-order valence-electron chi connectivity index (χ1n) is 14.9. The van der Waals surface area contributed by atoms with Gasteiger partial charge in [0.2, 0.25) is 5.91 Å². The van der Waals surface area contributed by atoms with Gasteiger partial charge in [0.25, 0.3) is 5.56 Å². The second kappa shape index (κ2) is 13.1. The number of aliphatic imine (C=N–C) groups is 1. The lowest BCUT2D eigenvalue weighted by atomic mass is 9.88. The third kappa shape index (κ3) is 5.67. The number of carbonyl (C=O) groups is 1. The fraction of sp³-hybridized carbons (Fsp3) is 0.364. The molecule has 1 aromatic carbocycles. The minimum absolute atomic E-state index is 0.00803. The van der Waals surface area contributed by atoms with Crippen molar-refractivity contribution < 1.29 is 9.18 Å². The number of rotatable bonds is 5. The lowest BCUT2D eigenvalue weighted by Crippen LogP contribution is -2.58. The van der Waals surface area contributed by atoms with Gasteiger partial charge in [-0.2, -0.15) is 5.26 Å². The zero-order valence-electron chi connectivity index (χ0n) is 26.3. The molecule has 3 aromatic rings. The second-order valence-corrected chi connectivity index (χ2v) is 13.7. The Labute approximate surface area is 291 Å². The Bertz CT molecular complexity index is 1960. The molecule has 246 valence electrons. The van der Waals surface area contributed by atoms with Crippen molar-refractivity contribution in [3.63, 3.8) is 0 Å². The van der Waals surface area contributed by atoms with Crippen LogP contribution in [0.1, 0.15) is 46.2 Å². The molecule has 2 N–H and O–H groups in total. The van der Waals surface area contributed by atoms with Crippen LogP contribution < -0.4 is 16.2 Å². The summed E-state index contributed by atoms with van der Waals surface area (Å²) < 4.78 is 16.6. The van der Waals surface area contributed by atoms with E-state index in [1.807, 2.05) is 45.6 Å². The Morgan fingerprint density at radius 3 is 2.36 bits per heavy atom. The summed E-state index contributed by atoms with van der Waals surface area (Å²) >= 11 is 26.0. The summed E-state index contributed by atoms with van der Waals surface area (Å²) in [6.45, 7) is 13.9. The van der Waals surface area contributed by atoms with Gasteiger partial charge in [-0.25, -0.2) is 9.37 Å². The summed E-state index contributed by atoms with van der Waals surface area (Å²) in [6.07, 6.45) is 4.83. The number of halogens is 5. The van der Waals surface area contributed by atoms with Gasteiger partial charge in [-0.15, -0.1) is 0 Å². The maximum atomic E-state index is 15.2. The molecule has 47 heavy (non-hydrogen) atoms. The summed E-state index contributed by atoms with van der Waals surface area (Å²) in [5.41, 5.74) is 6.10. The van der Waals surface area contributed by atoms with Crippen LogP contribution in [-0.4, -0.2) is 51.2 Å². The van der Waals surface area contributed by atoms with Gasteiger partial charge < -0.3 is 15.5 Å². The summed E-state index contributed by atoms with van der Waals surface area (Å²) in [7, 11) is 0. The number of hydrogen-bond acceptors (Lipinski definition) is 7. The lowest BCUT2D eigenvalue weighted by molar-refractivity contribution is -0.130. The molecule has 0 radical (unpaired) electrons. The molecule has 0 spiro atoms. The monoisotopic (exact) mass is 717 g/mol. The number of nitriles is 1. The fourth-order valence-corrected chi connectivity index (χ4v) is 7.77. The average Bonchev–Trinajstić information content (AvgIpc) is 3.02. The number of anilines is 2. The Kier molecular flexibility index (Phi) is 9.69. The van der Waals surface area contributed by atoms with Crippen LogP contribution in [0.5, 0.6) is 0 Å². The van der Waals surface area contributed by atoms with Crippen LogP contribution in [0.15, 0.2) is 40.8 Å². The zero-order chi connectivity index (χ0) is 34.6. The number of benzene rings is 1. The van der Waals surface area contributed by atoms with Gasteiger partial charge in [-0.3, -0.25) is 19.1 Å². The molecule has 0 aliphatic carbocycles. The van der Waals surface area contributed by atoms with Gasteiger partial charge in [0.1, 0.15) is 22.3 Å². The van der Waals surface area contributed by atoms with E-state index in [1.165, 1.54) is 10.6 Å². The average molecular weight is 719 g/mol. The smallest absolute Gasteiger partial charge is 0.272 e. The number of aromatic nitrogens is 2. The van der Waals surface area contributed by atoms with E-state index in [9.17, 15) is 14.9 Å². The fourth-order valence-electron chi connectivity index (χ4n) is 6.63. The number of piperazine rings is 1. The first-order chi connectivity index (χ1) is 22.2. The number of hydrogen-bond donors (Lipinski definition) is 1. The van der Waals surface area contributed by atoms with E-state index < -0.39 is 27.5 Å². The van der Waals surface area contributed by atoms with E-state index in [4.69, 9.17) is 57.1 Å². The minimum Gasteiger partial charge on any atom is -0.396 e. The summed E-state index contributed by atoms with van der Waals surface area (Å²) in [6, 6.07) is 2.49. The molecule has 2 aliphatic rings. The number of pyridine rings is 2. The van der Waals surface area contributed by atoms with E-state index in [2.05, 4.69) is 17.6 Å². The van der Waals surface area contributed by atoms with E-state index in [1.54, 1.807) is 17.2 Å². The van der Waals surface area contributed by atoms with Crippen molar-refractivity contribution in [1.29, 1.82) is 5.26 Å². The standard InChI is InChI=1S/C33H32Cl4FN7O2/c1-7-21(46)44-16(5)12-43(13-17(44)6)31-18-10-20(34)29(22-23(35)26(38)25(37)27(40)24(22)36)42-32(18)45(33(47)19(31)11-39)30-15(4)8-9-41-28(30)14(2)3/h7-10,14-17,30H,1,12-13,40H2,2-6H3/t15-,16-,17+,30?/m1/s1. The van der Waals surface area contributed by atoms with E-state index in [0.29, 0.717) is 29.9 Å². The first-order valence-corrected chi connectivity index (χ1v) is 16.4. The van der Waals surface area contributed by atoms with Crippen LogP contribution >= 0.6 is 46.4 Å². The van der Waals surface area contributed by atoms with Crippen LogP contribution in [0, 0.1) is 29.0 Å². The third-order valence-corrected chi connectivity index (χ3v) is 10.1. The van der Waals surface area contributed by atoms with Gasteiger partial charge in [-0.1, -0.05) is 79.8 Å². The van der Waals surface area contributed by atoms with E-state index in [0.717, 1.165) is 0 Å². The van der Waals surface area contributed by atoms with Gasteiger partial charge in [0, 0.05) is 54.0 Å². The lowest BCUT2D eigenvalue weighted by Gasteiger charge is -2.45. The number of amides is 1. The molecule has 1 saturated heterocycles. The molecule has 9 nitrogen and oxygen atoms in total. The molecular formula is C33H32Cl4FN7O2. The quantitative estimate of drug-likeness (QED) is 0.125. The highest BCUT2D eigenvalue weighted by molar-refractivity contribution is 6.46. The second-order valence-electron chi connectivity index (χ2n) is 12.2. The van der Waals surface area contributed by atoms with E-state index >= 15 is 4.39 Å². The van der Waals surface area contributed by atoms with Crippen molar-refractivity contribution in [3.8, 4) is 17.3 Å². The van der Waals surface area contributed by atoms with Crippen LogP contribution in [0.25, 0.3) is 22.3 Å². The van der Waals surface area contributed by atoms with Crippen LogP contribution in [0.4, 0.5) is 15.8 Å². The number of carbonyl (C=O) groups excluding carboxylic acids is 1. The molecule has 4 heterocycles. The van der Waals surface area contributed by atoms with Gasteiger partial charge in [0.05, 0.1) is 38.2 Å².